The second kappa shape index (κ2) is 5.14. The Hall–Kier alpha value is -1.06. The molecule has 0 aromatic heterocycles. The van der Waals surface area contributed by atoms with Crippen LogP contribution in [0.2, 0.25) is 0 Å². The van der Waals surface area contributed by atoms with Crippen molar-refractivity contribution in [3.63, 3.8) is 0 Å². The van der Waals surface area contributed by atoms with Gasteiger partial charge in [-0.05, 0) is 30.0 Å². The molecule has 1 aromatic carbocycles. The standard InChI is InChI=1S/C12H18N2O/c13-12-3-1-2-10(6-12)7-14-8-11-4-5-15-9-11/h1-3,6,11,14H,4-5,7-9,13H2. The van der Waals surface area contributed by atoms with Crippen LogP contribution < -0.4 is 11.1 Å². The number of hydrogen-bond donors (Lipinski definition) is 2. The summed E-state index contributed by atoms with van der Waals surface area (Å²) in [5.41, 5.74) is 7.78. The van der Waals surface area contributed by atoms with Crippen LogP contribution in [0.3, 0.4) is 0 Å². The molecule has 1 fully saturated rings. The monoisotopic (exact) mass is 206 g/mol. The maximum Gasteiger partial charge on any atom is 0.0507 e. The van der Waals surface area contributed by atoms with Gasteiger partial charge in [0.25, 0.3) is 0 Å². The van der Waals surface area contributed by atoms with Crippen LogP contribution in [0.25, 0.3) is 0 Å². The second-order valence-electron chi connectivity index (χ2n) is 4.11. The fourth-order valence-electron chi connectivity index (χ4n) is 1.87. The predicted octanol–water partition coefficient (Wildman–Crippen LogP) is 1.39. The third-order valence-corrected chi connectivity index (χ3v) is 2.74. The molecule has 1 aliphatic rings. The van der Waals surface area contributed by atoms with Crippen LogP contribution in [0.15, 0.2) is 24.3 Å². The lowest BCUT2D eigenvalue weighted by Gasteiger charge is -2.09. The number of anilines is 1. The Labute approximate surface area is 90.6 Å². The molecule has 2 rings (SSSR count). The van der Waals surface area contributed by atoms with E-state index in [1.165, 1.54) is 12.0 Å². The molecule has 1 saturated heterocycles. The average molecular weight is 206 g/mol. The normalized spacial score (nSPS) is 20.7. The van der Waals surface area contributed by atoms with Crippen LogP contribution in [0.5, 0.6) is 0 Å². The molecule has 0 aliphatic carbocycles. The van der Waals surface area contributed by atoms with Gasteiger partial charge >= 0.3 is 0 Å². The van der Waals surface area contributed by atoms with Crippen molar-refractivity contribution in [2.24, 2.45) is 5.92 Å². The van der Waals surface area contributed by atoms with Gasteiger partial charge in [-0.3, -0.25) is 0 Å². The van der Waals surface area contributed by atoms with Crippen molar-refractivity contribution in [3.05, 3.63) is 29.8 Å². The summed E-state index contributed by atoms with van der Waals surface area (Å²) >= 11 is 0. The van der Waals surface area contributed by atoms with Crippen LogP contribution >= 0.6 is 0 Å². The van der Waals surface area contributed by atoms with Gasteiger partial charge in [0.15, 0.2) is 0 Å². The summed E-state index contributed by atoms with van der Waals surface area (Å²) in [6, 6.07) is 8.01. The van der Waals surface area contributed by atoms with E-state index in [2.05, 4.69) is 11.4 Å². The van der Waals surface area contributed by atoms with Gasteiger partial charge in [0.1, 0.15) is 0 Å². The van der Waals surface area contributed by atoms with Gasteiger partial charge in [0.05, 0.1) is 6.61 Å². The summed E-state index contributed by atoms with van der Waals surface area (Å²) in [5, 5.41) is 3.44. The van der Waals surface area contributed by atoms with Crippen LogP contribution in [0.4, 0.5) is 5.69 Å². The molecule has 15 heavy (non-hydrogen) atoms. The van der Waals surface area contributed by atoms with Crippen molar-refractivity contribution >= 4 is 5.69 Å². The number of nitrogen functional groups attached to an aromatic ring is 1. The minimum Gasteiger partial charge on any atom is -0.399 e. The molecule has 1 unspecified atom stereocenters. The largest absolute Gasteiger partial charge is 0.399 e. The number of benzene rings is 1. The summed E-state index contributed by atoms with van der Waals surface area (Å²) in [6.45, 7) is 3.75. The van der Waals surface area contributed by atoms with Crippen molar-refractivity contribution in [1.82, 2.24) is 5.32 Å². The highest BCUT2D eigenvalue weighted by Crippen LogP contribution is 2.11. The molecule has 1 aromatic rings. The molecule has 0 radical (unpaired) electrons. The summed E-state index contributed by atoms with van der Waals surface area (Å²) in [7, 11) is 0. The molecule has 1 heterocycles. The minimum absolute atomic E-state index is 0.686. The Morgan fingerprint density at radius 3 is 3.13 bits per heavy atom. The van der Waals surface area contributed by atoms with Crippen molar-refractivity contribution in [3.8, 4) is 0 Å². The van der Waals surface area contributed by atoms with E-state index in [-0.39, 0.29) is 0 Å². The van der Waals surface area contributed by atoms with Crippen LogP contribution in [-0.4, -0.2) is 19.8 Å². The number of hydrogen-bond acceptors (Lipinski definition) is 3. The first-order chi connectivity index (χ1) is 7.34. The maximum absolute atomic E-state index is 5.70. The summed E-state index contributed by atoms with van der Waals surface area (Å²) < 4.78 is 5.32. The van der Waals surface area contributed by atoms with Crippen molar-refractivity contribution in [1.29, 1.82) is 0 Å². The lowest BCUT2D eigenvalue weighted by molar-refractivity contribution is 0.185. The fourth-order valence-corrected chi connectivity index (χ4v) is 1.87. The molecular formula is C12H18N2O. The van der Waals surface area contributed by atoms with E-state index < -0.39 is 0 Å². The Balaban J connectivity index is 1.73. The molecule has 0 bridgehead atoms. The SMILES string of the molecule is Nc1cccc(CNCC2CCOC2)c1. The second-order valence-corrected chi connectivity index (χ2v) is 4.11. The molecule has 0 spiro atoms. The van der Waals surface area contributed by atoms with E-state index >= 15 is 0 Å². The quantitative estimate of drug-likeness (QED) is 0.732. The van der Waals surface area contributed by atoms with E-state index in [0.717, 1.165) is 32.0 Å². The van der Waals surface area contributed by atoms with Gasteiger partial charge < -0.3 is 15.8 Å². The summed E-state index contributed by atoms with van der Waals surface area (Å²) in [6.07, 6.45) is 1.18. The van der Waals surface area contributed by atoms with E-state index in [0.29, 0.717) is 5.92 Å². The highest BCUT2D eigenvalue weighted by Gasteiger charge is 2.14. The number of nitrogens with one attached hydrogen (secondary N) is 1. The number of nitrogens with two attached hydrogens (primary N) is 1. The topological polar surface area (TPSA) is 47.3 Å². The Morgan fingerprint density at radius 1 is 1.47 bits per heavy atom. The zero-order chi connectivity index (χ0) is 10.5. The predicted molar refractivity (Wildman–Crippen MR) is 61.5 cm³/mol. The van der Waals surface area contributed by atoms with Crippen molar-refractivity contribution < 1.29 is 4.74 Å². The molecule has 1 aliphatic heterocycles. The Morgan fingerprint density at radius 2 is 2.40 bits per heavy atom. The number of ether oxygens (including phenoxy) is 1. The molecule has 0 saturated carbocycles. The molecule has 3 nitrogen and oxygen atoms in total. The minimum atomic E-state index is 0.686. The first-order valence-corrected chi connectivity index (χ1v) is 5.47. The first kappa shape index (κ1) is 10.5. The molecule has 0 amide bonds. The van der Waals surface area contributed by atoms with Gasteiger partial charge in [-0.15, -0.1) is 0 Å². The van der Waals surface area contributed by atoms with Crippen LogP contribution in [0.1, 0.15) is 12.0 Å². The molecule has 82 valence electrons. The average Bonchev–Trinajstić information content (AvgIpc) is 2.71. The Kier molecular flexibility index (Phi) is 3.59. The van der Waals surface area contributed by atoms with E-state index in [9.17, 15) is 0 Å². The lowest BCUT2D eigenvalue weighted by atomic mass is 10.1. The zero-order valence-corrected chi connectivity index (χ0v) is 8.91. The zero-order valence-electron chi connectivity index (χ0n) is 8.91. The molecule has 1 atom stereocenters. The van der Waals surface area contributed by atoms with Gasteiger partial charge in [-0.25, -0.2) is 0 Å². The van der Waals surface area contributed by atoms with Gasteiger partial charge in [0.2, 0.25) is 0 Å². The third kappa shape index (κ3) is 3.22. The Bertz CT molecular complexity index is 308. The van der Waals surface area contributed by atoms with Gasteiger partial charge in [-0.2, -0.15) is 0 Å². The molecule has 3 N–H and O–H groups in total. The molecular weight excluding hydrogens is 188 g/mol. The third-order valence-electron chi connectivity index (χ3n) is 2.74. The maximum atomic E-state index is 5.70. The first-order valence-electron chi connectivity index (χ1n) is 5.47. The van der Waals surface area contributed by atoms with Crippen LogP contribution in [0, 0.1) is 5.92 Å². The van der Waals surface area contributed by atoms with Crippen molar-refractivity contribution in [2.75, 3.05) is 25.5 Å². The number of rotatable bonds is 4. The highest BCUT2D eigenvalue weighted by molar-refractivity contribution is 5.40. The summed E-state index contributed by atoms with van der Waals surface area (Å²) in [4.78, 5) is 0. The van der Waals surface area contributed by atoms with Gasteiger partial charge in [0, 0.05) is 25.4 Å². The van der Waals surface area contributed by atoms with Gasteiger partial charge in [-0.1, -0.05) is 12.1 Å². The van der Waals surface area contributed by atoms with Crippen molar-refractivity contribution in [2.45, 2.75) is 13.0 Å². The van der Waals surface area contributed by atoms with E-state index in [4.69, 9.17) is 10.5 Å². The lowest BCUT2D eigenvalue weighted by Crippen LogP contribution is -2.22. The molecule has 3 heteroatoms. The van der Waals surface area contributed by atoms with E-state index in [1.54, 1.807) is 0 Å². The van der Waals surface area contributed by atoms with E-state index in [1.807, 2.05) is 18.2 Å². The summed E-state index contributed by atoms with van der Waals surface area (Å²) in [5.74, 6) is 0.686. The smallest absolute Gasteiger partial charge is 0.0507 e. The van der Waals surface area contributed by atoms with Crippen LogP contribution in [-0.2, 0) is 11.3 Å². The highest BCUT2D eigenvalue weighted by atomic mass is 16.5. The fraction of sp³-hybridized carbons (Fsp3) is 0.500.